The number of nitrogens with one attached hydrogen (secondary N) is 1. The average Bonchev–Trinajstić information content (AvgIpc) is 2.76. The average molecular weight is 290 g/mol. The fourth-order valence-corrected chi connectivity index (χ4v) is 3.31. The highest BCUT2D eigenvalue weighted by Crippen LogP contribution is 2.45. The molecule has 1 saturated carbocycles. The Labute approximate surface area is 120 Å². The van der Waals surface area contributed by atoms with Crippen LogP contribution >= 0.6 is 11.3 Å². The van der Waals surface area contributed by atoms with Crippen LogP contribution < -0.4 is 5.32 Å². The van der Waals surface area contributed by atoms with E-state index >= 15 is 0 Å². The van der Waals surface area contributed by atoms with E-state index in [0.717, 1.165) is 12.1 Å². The van der Waals surface area contributed by atoms with Gasteiger partial charge < -0.3 is 5.32 Å². The molecule has 1 heterocycles. The van der Waals surface area contributed by atoms with E-state index in [0.29, 0.717) is 23.5 Å². The predicted octanol–water partition coefficient (Wildman–Crippen LogP) is 3.65. The minimum Gasteiger partial charge on any atom is -0.301 e. The van der Waals surface area contributed by atoms with Crippen molar-refractivity contribution < 1.29 is 9.18 Å². The topological polar surface area (TPSA) is 42.0 Å². The molecule has 20 heavy (non-hydrogen) atoms. The van der Waals surface area contributed by atoms with Gasteiger partial charge in [-0.1, -0.05) is 24.6 Å². The Bertz CT molecular complexity index is 649. The van der Waals surface area contributed by atoms with Crippen molar-refractivity contribution in [1.29, 1.82) is 0 Å². The SMILES string of the molecule is Cc1csc(NC(=O)C2(c3ccccc3F)CCC2)n1. The highest BCUT2D eigenvalue weighted by Gasteiger charge is 2.47. The third kappa shape index (κ3) is 2.12. The lowest BCUT2D eigenvalue weighted by Gasteiger charge is -2.40. The highest BCUT2D eigenvalue weighted by molar-refractivity contribution is 7.13. The van der Waals surface area contributed by atoms with Crippen LogP contribution in [-0.4, -0.2) is 10.9 Å². The highest BCUT2D eigenvalue weighted by atomic mass is 32.1. The molecule has 0 bridgehead atoms. The van der Waals surface area contributed by atoms with E-state index in [1.54, 1.807) is 18.2 Å². The maximum Gasteiger partial charge on any atom is 0.236 e. The zero-order valence-corrected chi connectivity index (χ0v) is 12.0. The number of hydrogen-bond donors (Lipinski definition) is 1. The van der Waals surface area contributed by atoms with Crippen molar-refractivity contribution in [1.82, 2.24) is 4.98 Å². The molecule has 1 aromatic heterocycles. The number of carbonyl (C=O) groups is 1. The normalized spacial score (nSPS) is 16.5. The van der Waals surface area contributed by atoms with Gasteiger partial charge in [-0.05, 0) is 25.8 Å². The number of hydrogen-bond acceptors (Lipinski definition) is 3. The number of carbonyl (C=O) groups excluding carboxylic acids is 1. The number of amides is 1. The van der Waals surface area contributed by atoms with Gasteiger partial charge >= 0.3 is 0 Å². The van der Waals surface area contributed by atoms with Crippen molar-refractivity contribution in [3.05, 3.63) is 46.7 Å². The van der Waals surface area contributed by atoms with Crippen molar-refractivity contribution >= 4 is 22.4 Å². The molecule has 1 aliphatic rings. The maximum atomic E-state index is 14.0. The molecule has 3 rings (SSSR count). The van der Waals surface area contributed by atoms with Gasteiger partial charge in [0.25, 0.3) is 0 Å². The lowest BCUT2D eigenvalue weighted by Crippen LogP contribution is -2.46. The van der Waals surface area contributed by atoms with Crippen LogP contribution in [0, 0.1) is 12.7 Å². The molecule has 0 saturated heterocycles. The molecular formula is C15H15FN2OS. The van der Waals surface area contributed by atoms with Crippen LogP contribution in [0.1, 0.15) is 30.5 Å². The van der Waals surface area contributed by atoms with Crippen LogP contribution in [0.4, 0.5) is 9.52 Å². The number of anilines is 1. The van der Waals surface area contributed by atoms with Gasteiger partial charge in [-0.15, -0.1) is 11.3 Å². The van der Waals surface area contributed by atoms with E-state index in [2.05, 4.69) is 10.3 Å². The van der Waals surface area contributed by atoms with Gasteiger partial charge in [-0.3, -0.25) is 4.79 Å². The summed E-state index contributed by atoms with van der Waals surface area (Å²) in [5.74, 6) is -0.458. The minimum absolute atomic E-state index is 0.150. The largest absolute Gasteiger partial charge is 0.301 e. The summed E-state index contributed by atoms with van der Waals surface area (Å²) in [5.41, 5.74) is 0.640. The molecule has 1 aromatic carbocycles. The Morgan fingerprint density at radius 1 is 1.40 bits per heavy atom. The summed E-state index contributed by atoms with van der Waals surface area (Å²) in [4.78, 5) is 16.8. The molecule has 1 fully saturated rings. The molecule has 0 spiro atoms. The summed E-state index contributed by atoms with van der Waals surface area (Å²) in [6.45, 7) is 1.88. The summed E-state index contributed by atoms with van der Waals surface area (Å²) in [6, 6.07) is 6.55. The second-order valence-corrected chi connectivity index (χ2v) is 6.02. The van der Waals surface area contributed by atoms with Crippen molar-refractivity contribution in [2.45, 2.75) is 31.6 Å². The Kier molecular flexibility index (Phi) is 3.30. The molecule has 104 valence electrons. The van der Waals surface area contributed by atoms with Crippen molar-refractivity contribution in [2.24, 2.45) is 0 Å². The summed E-state index contributed by atoms with van der Waals surface area (Å²) < 4.78 is 14.0. The molecule has 0 unspecified atom stereocenters. The fraction of sp³-hybridized carbons (Fsp3) is 0.333. The van der Waals surface area contributed by atoms with Gasteiger partial charge in [0.05, 0.1) is 11.1 Å². The number of thiazole rings is 1. The molecule has 0 radical (unpaired) electrons. The van der Waals surface area contributed by atoms with Crippen molar-refractivity contribution in [2.75, 3.05) is 5.32 Å². The molecule has 1 N–H and O–H groups in total. The van der Waals surface area contributed by atoms with Gasteiger partial charge in [-0.2, -0.15) is 0 Å². The standard InChI is InChI=1S/C15H15FN2OS/c1-10-9-20-14(17-10)18-13(19)15(7-4-8-15)11-5-2-3-6-12(11)16/h2-3,5-6,9H,4,7-8H2,1H3,(H,17,18,19). The molecule has 0 atom stereocenters. The smallest absolute Gasteiger partial charge is 0.236 e. The molecule has 1 aliphatic carbocycles. The first-order chi connectivity index (χ1) is 9.62. The first-order valence-corrected chi connectivity index (χ1v) is 7.48. The van der Waals surface area contributed by atoms with E-state index < -0.39 is 5.41 Å². The maximum absolute atomic E-state index is 14.0. The lowest BCUT2D eigenvalue weighted by molar-refractivity contribution is -0.124. The van der Waals surface area contributed by atoms with E-state index in [4.69, 9.17) is 0 Å². The number of benzene rings is 1. The van der Waals surface area contributed by atoms with Gasteiger partial charge in [0, 0.05) is 10.9 Å². The summed E-state index contributed by atoms with van der Waals surface area (Å²) in [7, 11) is 0. The fourth-order valence-electron chi connectivity index (χ4n) is 2.63. The van der Waals surface area contributed by atoms with Crippen LogP contribution in [-0.2, 0) is 10.2 Å². The number of aromatic nitrogens is 1. The molecule has 1 amide bonds. The summed E-state index contributed by atoms with van der Waals surface area (Å²) in [5, 5.41) is 5.29. The molecule has 3 nitrogen and oxygen atoms in total. The van der Waals surface area contributed by atoms with Crippen LogP contribution in [0.2, 0.25) is 0 Å². The van der Waals surface area contributed by atoms with Gasteiger partial charge in [0.15, 0.2) is 5.13 Å². The zero-order valence-electron chi connectivity index (χ0n) is 11.1. The van der Waals surface area contributed by atoms with Gasteiger partial charge in [-0.25, -0.2) is 9.37 Å². The minimum atomic E-state index is -0.731. The Morgan fingerprint density at radius 3 is 2.70 bits per heavy atom. The molecule has 2 aromatic rings. The van der Waals surface area contributed by atoms with E-state index in [9.17, 15) is 9.18 Å². The first kappa shape index (κ1) is 13.2. The van der Waals surface area contributed by atoms with Crippen LogP contribution in [0.5, 0.6) is 0 Å². The quantitative estimate of drug-likeness (QED) is 0.937. The van der Waals surface area contributed by atoms with Gasteiger partial charge in [0.1, 0.15) is 5.82 Å². The number of rotatable bonds is 3. The third-order valence-electron chi connectivity index (χ3n) is 3.87. The Balaban J connectivity index is 1.89. The molecular weight excluding hydrogens is 275 g/mol. The first-order valence-electron chi connectivity index (χ1n) is 6.60. The molecule has 0 aliphatic heterocycles. The van der Waals surface area contributed by atoms with Crippen LogP contribution in [0.15, 0.2) is 29.6 Å². The number of nitrogens with zero attached hydrogens (tertiary/aromatic N) is 1. The van der Waals surface area contributed by atoms with Crippen LogP contribution in [0.3, 0.4) is 0 Å². The zero-order chi connectivity index (χ0) is 14.2. The second kappa shape index (κ2) is 4.98. The summed E-state index contributed by atoms with van der Waals surface area (Å²) in [6.07, 6.45) is 2.31. The van der Waals surface area contributed by atoms with Crippen molar-refractivity contribution in [3.63, 3.8) is 0 Å². The second-order valence-electron chi connectivity index (χ2n) is 5.16. The Hall–Kier alpha value is -1.75. The third-order valence-corrected chi connectivity index (χ3v) is 4.75. The summed E-state index contributed by atoms with van der Waals surface area (Å²) >= 11 is 1.39. The molecule has 5 heteroatoms. The number of halogens is 1. The monoisotopic (exact) mass is 290 g/mol. The number of aryl methyl sites for hydroxylation is 1. The van der Waals surface area contributed by atoms with Crippen molar-refractivity contribution in [3.8, 4) is 0 Å². The van der Waals surface area contributed by atoms with Crippen LogP contribution in [0.25, 0.3) is 0 Å². The van der Waals surface area contributed by atoms with Gasteiger partial charge in [0.2, 0.25) is 5.91 Å². The van der Waals surface area contributed by atoms with E-state index in [1.165, 1.54) is 17.4 Å². The predicted molar refractivity (Wildman–Crippen MR) is 77.4 cm³/mol. The lowest BCUT2D eigenvalue weighted by atomic mass is 9.63. The Morgan fingerprint density at radius 2 is 2.15 bits per heavy atom. The van der Waals surface area contributed by atoms with E-state index in [1.807, 2.05) is 12.3 Å². The van der Waals surface area contributed by atoms with E-state index in [-0.39, 0.29) is 11.7 Å².